The second-order valence-electron chi connectivity index (χ2n) is 3.94. The second kappa shape index (κ2) is 8.36. The third kappa shape index (κ3) is 5.05. The summed E-state index contributed by atoms with van der Waals surface area (Å²) in [7, 11) is 1.65. The maximum absolute atomic E-state index is 5.40. The minimum atomic E-state index is 0.586. The normalized spacial score (nSPS) is 11.2. The van der Waals surface area contributed by atoms with Gasteiger partial charge in [0.2, 0.25) is 5.96 Å². The molecule has 1 aromatic rings. The monoisotopic (exact) mass is 250 g/mol. The number of nitrogens with zero attached hydrogens (tertiary/aromatic N) is 1. The maximum atomic E-state index is 5.40. The first-order valence-corrected chi connectivity index (χ1v) is 6.18. The van der Waals surface area contributed by atoms with Crippen LogP contribution in [-0.4, -0.2) is 19.6 Å². The van der Waals surface area contributed by atoms with E-state index in [1.807, 2.05) is 24.3 Å². The van der Waals surface area contributed by atoms with E-state index in [-0.39, 0.29) is 0 Å². The Morgan fingerprint density at radius 2 is 2.06 bits per heavy atom. The number of rotatable bonds is 6. The Kier molecular flexibility index (Phi) is 6.64. The predicted molar refractivity (Wildman–Crippen MR) is 74.4 cm³/mol. The Balaban J connectivity index is 2.48. The number of unbranched alkanes of at least 4 members (excludes halogenated alkanes) is 1. The van der Waals surface area contributed by atoms with Crippen molar-refractivity contribution in [2.75, 3.05) is 13.7 Å². The van der Waals surface area contributed by atoms with E-state index in [2.05, 4.69) is 22.7 Å². The van der Waals surface area contributed by atoms with Crippen LogP contribution < -0.4 is 21.3 Å². The Hall–Kier alpha value is -1.75. The van der Waals surface area contributed by atoms with E-state index in [0.29, 0.717) is 12.5 Å². The smallest absolute Gasteiger partial charge is 0.206 e. The first-order chi connectivity index (χ1) is 8.80. The van der Waals surface area contributed by atoms with Gasteiger partial charge in [-0.25, -0.2) is 10.8 Å². The molecule has 0 bridgehead atoms. The third-order valence-electron chi connectivity index (χ3n) is 2.54. The topological polar surface area (TPSA) is 71.7 Å². The number of hydrazine groups is 1. The fourth-order valence-corrected chi connectivity index (χ4v) is 1.44. The number of nitrogens with two attached hydrogens (primary N) is 1. The van der Waals surface area contributed by atoms with Gasteiger partial charge in [0.25, 0.3) is 0 Å². The van der Waals surface area contributed by atoms with Gasteiger partial charge in [-0.1, -0.05) is 25.5 Å². The van der Waals surface area contributed by atoms with Gasteiger partial charge in [0.05, 0.1) is 13.7 Å². The summed E-state index contributed by atoms with van der Waals surface area (Å²) >= 11 is 0. The lowest BCUT2D eigenvalue weighted by atomic mass is 10.2. The summed E-state index contributed by atoms with van der Waals surface area (Å²) in [5, 5.41) is 3.15. The minimum absolute atomic E-state index is 0.586. The summed E-state index contributed by atoms with van der Waals surface area (Å²) in [5.41, 5.74) is 3.68. The van der Waals surface area contributed by atoms with Gasteiger partial charge in [-0.15, -0.1) is 0 Å². The van der Waals surface area contributed by atoms with Gasteiger partial charge in [0.15, 0.2) is 0 Å². The summed E-state index contributed by atoms with van der Waals surface area (Å²) in [5.74, 6) is 6.87. The number of hydrogen-bond donors (Lipinski definition) is 3. The molecule has 0 atom stereocenters. The Morgan fingerprint density at radius 3 is 2.61 bits per heavy atom. The zero-order valence-electron chi connectivity index (χ0n) is 11.1. The van der Waals surface area contributed by atoms with Crippen LogP contribution in [0, 0.1) is 0 Å². The Morgan fingerprint density at radius 1 is 1.33 bits per heavy atom. The number of aliphatic imine (C=N–C) groups is 1. The van der Waals surface area contributed by atoms with E-state index in [1.165, 1.54) is 0 Å². The molecule has 18 heavy (non-hydrogen) atoms. The lowest BCUT2D eigenvalue weighted by Gasteiger charge is -2.08. The van der Waals surface area contributed by atoms with Crippen molar-refractivity contribution in [1.82, 2.24) is 10.7 Å². The molecule has 5 nitrogen and oxygen atoms in total. The lowest BCUT2D eigenvalue weighted by molar-refractivity contribution is 0.414. The lowest BCUT2D eigenvalue weighted by Crippen LogP contribution is -2.41. The fraction of sp³-hybridized carbons (Fsp3) is 0.462. The number of benzene rings is 1. The zero-order chi connectivity index (χ0) is 13.2. The van der Waals surface area contributed by atoms with Gasteiger partial charge in [0.1, 0.15) is 5.75 Å². The zero-order valence-corrected chi connectivity index (χ0v) is 11.1. The number of nitrogens with one attached hydrogen (secondary N) is 2. The molecule has 100 valence electrons. The largest absolute Gasteiger partial charge is 0.497 e. The van der Waals surface area contributed by atoms with Crippen molar-refractivity contribution in [3.05, 3.63) is 29.8 Å². The molecule has 0 radical (unpaired) electrons. The number of hydrogen-bond acceptors (Lipinski definition) is 3. The van der Waals surface area contributed by atoms with Crippen LogP contribution in [0.3, 0.4) is 0 Å². The first kappa shape index (κ1) is 14.3. The molecule has 0 aliphatic carbocycles. The van der Waals surface area contributed by atoms with Crippen LogP contribution in [0.15, 0.2) is 29.3 Å². The quantitative estimate of drug-likeness (QED) is 0.235. The van der Waals surface area contributed by atoms with Crippen molar-refractivity contribution < 1.29 is 4.74 Å². The molecular weight excluding hydrogens is 228 g/mol. The van der Waals surface area contributed by atoms with Crippen molar-refractivity contribution in [1.29, 1.82) is 0 Å². The highest BCUT2D eigenvalue weighted by Gasteiger charge is 1.96. The highest BCUT2D eigenvalue weighted by atomic mass is 16.5. The molecule has 4 N–H and O–H groups in total. The fourth-order valence-electron chi connectivity index (χ4n) is 1.44. The van der Waals surface area contributed by atoms with Gasteiger partial charge in [-0.05, 0) is 24.1 Å². The van der Waals surface area contributed by atoms with Crippen molar-refractivity contribution in [2.24, 2.45) is 10.8 Å². The maximum Gasteiger partial charge on any atom is 0.206 e. The van der Waals surface area contributed by atoms with Crippen molar-refractivity contribution in [3.8, 4) is 5.75 Å². The molecule has 0 aliphatic rings. The summed E-state index contributed by atoms with van der Waals surface area (Å²) in [4.78, 5) is 4.37. The first-order valence-electron chi connectivity index (χ1n) is 6.18. The summed E-state index contributed by atoms with van der Waals surface area (Å²) in [6.07, 6.45) is 2.24. The van der Waals surface area contributed by atoms with Gasteiger partial charge < -0.3 is 10.1 Å². The second-order valence-corrected chi connectivity index (χ2v) is 3.94. The highest BCUT2D eigenvalue weighted by molar-refractivity contribution is 5.79. The van der Waals surface area contributed by atoms with E-state index < -0.39 is 0 Å². The van der Waals surface area contributed by atoms with Crippen LogP contribution in [0.25, 0.3) is 0 Å². The molecule has 0 aromatic heterocycles. The van der Waals surface area contributed by atoms with Gasteiger partial charge in [-0.3, -0.25) is 5.43 Å². The number of methoxy groups -OCH3 is 1. The van der Waals surface area contributed by atoms with Crippen LogP contribution in [0.5, 0.6) is 5.75 Å². The van der Waals surface area contributed by atoms with Gasteiger partial charge in [0, 0.05) is 6.54 Å². The molecule has 5 heteroatoms. The molecular formula is C13H22N4O. The van der Waals surface area contributed by atoms with E-state index in [1.54, 1.807) is 7.11 Å². The number of ether oxygens (including phenoxy) is 1. The molecule has 0 saturated heterocycles. The summed E-state index contributed by atoms with van der Waals surface area (Å²) in [6.45, 7) is 3.61. The van der Waals surface area contributed by atoms with Crippen LogP contribution in [0.2, 0.25) is 0 Å². The number of guanidine groups is 1. The predicted octanol–water partition coefficient (Wildman–Crippen LogP) is 1.40. The Bertz CT molecular complexity index is 362. The van der Waals surface area contributed by atoms with Crippen molar-refractivity contribution >= 4 is 5.96 Å². The molecule has 0 fully saturated rings. The van der Waals surface area contributed by atoms with Gasteiger partial charge >= 0.3 is 0 Å². The molecule has 1 aromatic carbocycles. The standard InChI is InChI=1S/C13H22N4O/c1-3-4-9-15-13(17-14)16-10-11-5-7-12(18-2)8-6-11/h5-8H,3-4,9-10,14H2,1-2H3,(H2,15,16,17). The average molecular weight is 250 g/mol. The summed E-state index contributed by atoms with van der Waals surface area (Å²) in [6, 6.07) is 7.82. The average Bonchev–Trinajstić information content (AvgIpc) is 2.43. The van der Waals surface area contributed by atoms with Crippen LogP contribution in [-0.2, 0) is 6.54 Å². The van der Waals surface area contributed by atoms with Crippen molar-refractivity contribution in [2.45, 2.75) is 26.3 Å². The molecule has 0 amide bonds. The third-order valence-corrected chi connectivity index (χ3v) is 2.54. The van der Waals surface area contributed by atoms with Crippen molar-refractivity contribution in [3.63, 3.8) is 0 Å². The Labute approximate surface area is 108 Å². The molecule has 0 aliphatic heterocycles. The van der Waals surface area contributed by atoms with Crippen LogP contribution in [0.4, 0.5) is 0 Å². The van der Waals surface area contributed by atoms with Gasteiger partial charge in [-0.2, -0.15) is 0 Å². The van der Waals surface area contributed by atoms with E-state index >= 15 is 0 Å². The molecule has 1 rings (SSSR count). The molecule has 0 heterocycles. The van der Waals surface area contributed by atoms with E-state index in [9.17, 15) is 0 Å². The highest BCUT2D eigenvalue weighted by Crippen LogP contribution is 2.11. The van der Waals surface area contributed by atoms with Crippen LogP contribution >= 0.6 is 0 Å². The van der Waals surface area contributed by atoms with Crippen LogP contribution in [0.1, 0.15) is 25.3 Å². The molecule has 0 spiro atoms. The summed E-state index contributed by atoms with van der Waals surface area (Å²) < 4.78 is 5.10. The van der Waals surface area contributed by atoms with E-state index in [4.69, 9.17) is 10.6 Å². The SMILES string of the molecule is CCCCNC(=NCc1ccc(OC)cc1)NN. The molecule has 0 saturated carbocycles. The minimum Gasteiger partial charge on any atom is -0.497 e. The molecule has 0 unspecified atom stereocenters. The van der Waals surface area contributed by atoms with E-state index in [0.717, 1.165) is 30.7 Å².